The highest BCUT2D eigenvalue weighted by molar-refractivity contribution is 9.10. The SMILES string of the molecule is COCc1cc(Br)c(F)c(C2(O)CC2)c1. The Morgan fingerprint density at radius 3 is 2.73 bits per heavy atom. The van der Waals surface area contributed by atoms with Crippen molar-refractivity contribution in [1.82, 2.24) is 0 Å². The molecule has 15 heavy (non-hydrogen) atoms. The molecule has 2 rings (SSSR count). The minimum atomic E-state index is -0.948. The van der Waals surface area contributed by atoms with E-state index in [1.165, 1.54) is 0 Å². The molecule has 0 spiro atoms. The molecule has 0 radical (unpaired) electrons. The van der Waals surface area contributed by atoms with Crippen molar-refractivity contribution in [3.8, 4) is 0 Å². The standard InChI is InChI=1S/C11H12BrFO2/c1-15-6-7-4-8(11(14)2-3-11)10(13)9(12)5-7/h4-5,14H,2-3,6H2,1H3. The number of benzene rings is 1. The number of ether oxygens (including phenoxy) is 1. The Morgan fingerprint density at radius 2 is 2.20 bits per heavy atom. The van der Waals surface area contributed by atoms with Gasteiger partial charge in [-0.3, -0.25) is 0 Å². The monoisotopic (exact) mass is 274 g/mol. The van der Waals surface area contributed by atoms with Crippen molar-refractivity contribution in [2.24, 2.45) is 0 Å². The number of halogens is 2. The topological polar surface area (TPSA) is 29.5 Å². The van der Waals surface area contributed by atoms with Gasteiger partial charge in [0.25, 0.3) is 0 Å². The number of hydrogen-bond donors (Lipinski definition) is 1. The Morgan fingerprint density at radius 1 is 1.53 bits per heavy atom. The third-order valence-corrected chi connectivity index (χ3v) is 3.20. The highest BCUT2D eigenvalue weighted by atomic mass is 79.9. The normalized spacial score (nSPS) is 17.9. The van der Waals surface area contributed by atoms with Gasteiger partial charge in [-0.25, -0.2) is 4.39 Å². The van der Waals surface area contributed by atoms with Crippen molar-refractivity contribution in [2.75, 3.05) is 7.11 Å². The fourth-order valence-electron chi connectivity index (χ4n) is 1.62. The molecule has 1 aliphatic rings. The van der Waals surface area contributed by atoms with Crippen LogP contribution in [0.25, 0.3) is 0 Å². The molecule has 0 heterocycles. The molecule has 0 aromatic heterocycles. The van der Waals surface area contributed by atoms with Crippen LogP contribution in [0.3, 0.4) is 0 Å². The molecular weight excluding hydrogens is 263 g/mol. The summed E-state index contributed by atoms with van der Waals surface area (Å²) >= 11 is 3.15. The quantitative estimate of drug-likeness (QED) is 0.919. The summed E-state index contributed by atoms with van der Waals surface area (Å²) in [6.45, 7) is 0.419. The molecule has 1 aromatic carbocycles. The molecule has 1 N–H and O–H groups in total. The molecule has 1 fully saturated rings. The predicted molar refractivity (Wildman–Crippen MR) is 57.9 cm³/mol. The van der Waals surface area contributed by atoms with E-state index in [2.05, 4.69) is 15.9 Å². The first-order valence-electron chi connectivity index (χ1n) is 4.76. The zero-order valence-corrected chi connectivity index (χ0v) is 9.97. The maximum atomic E-state index is 13.7. The van der Waals surface area contributed by atoms with Crippen LogP contribution in [0.1, 0.15) is 24.0 Å². The van der Waals surface area contributed by atoms with Crippen molar-refractivity contribution < 1.29 is 14.2 Å². The second kappa shape index (κ2) is 3.85. The van der Waals surface area contributed by atoms with Crippen LogP contribution in [0.4, 0.5) is 4.39 Å². The van der Waals surface area contributed by atoms with E-state index < -0.39 is 5.60 Å². The summed E-state index contributed by atoms with van der Waals surface area (Å²) in [5, 5.41) is 9.90. The van der Waals surface area contributed by atoms with Gasteiger partial charge in [0, 0.05) is 12.7 Å². The van der Waals surface area contributed by atoms with Crippen molar-refractivity contribution in [3.05, 3.63) is 33.5 Å². The molecule has 1 aliphatic carbocycles. The van der Waals surface area contributed by atoms with E-state index in [1.807, 2.05) is 0 Å². The third kappa shape index (κ3) is 2.07. The van der Waals surface area contributed by atoms with Gasteiger partial charge in [0.2, 0.25) is 0 Å². The summed E-state index contributed by atoms with van der Waals surface area (Å²) in [5.74, 6) is -0.366. The molecule has 2 nitrogen and oxygen atoms in total. The fraction of sp³-hybridized carbons (Fsp3) is 0.455. The molecule has 0 aliphatic heterocycles. The van der Waals surface area contributed by atoms with Crippen molar-refractivity contribution in [3.63, 3.8) is 0 Å². The highest BCUT2D eigenvalue weighted by Crippen LogP contribution is 2.47. The van der Waals surface area contributed by atoms with E-state index >= 15 is 0 Å². The van der Waals surface area contributed by atoms with Gasteiger partial charge < -0.3 is 9.84 Å². The number of hydrogen-bond acceptors (Lipinski definition) is 2. The maximum absolute atomic E-state index is 13.7. The van der Waals surface area contributed by atoms with Crippen LogP contribution in [-0.2, 0) is 16.9 Å². The summed E-state index contributed by atoms with van der Waals surface area (Å²) in [6.07, 6.45) is 1.26. The lowest BCUT2D eigenvalue weighted by Gasteiger charge is -2.12. The zero-order chi connectivity index (χ0) is 11.1. The second-order valence-electron chi connectivity index (χ2n) is 3.90. The molecule has 4 heteroatoms. The molecular formula is C11H12BrFO2. The van der Waals surface area contributed by atoms with Gasteiger partial charge in [0.15, 0.2) is 0 Å². The lowest BCUT2D eigenvalue weighted by molar-refractivity contribution is 0.145. The zero-order valence-electron chi connectivity index (χ0n) is 8.39. The second-order valence-corrected chi connectivity index (χ2v) is 4.76. The van der Waals surface area contributed by atoms with Gasteiger partial charge in [-0.1, -0.05) is 0 Å². The Balaban J connectivity index is 2.43. The average Bonchev–Trinajstić information content (AvgIpc) is 2.91. The lowest BCUT2D eigenvalue weighted by Crippen LogP contribution is -2.09. The minimum Gasteiger partial charge on any atom is -0.385 e. The predicted octanol–water partition coefficient (Wildman–Crippen LogP) is 2.72. The molecule has 0 saturated heterocycles. The largest absolute Gasteiger partial charge is 0.385 e. The Kier molecular flexibility index (Phi) is 2.83. The first-order chi connectivity index (χ1) is 7.07. The van der Waals surface area contributed by atoms with Crippen molar-refractivity contribution >= 4 is 15.9 Å². The first kappa shape index (κ1) is 11.0. The van der Waals surface area contributed by atoms with Crippen molar-refractivity contribution in [2.45, 2.75) is 25.0 Å². The Bertz CT molecular complexity index is 388. The van der Waals surface area contributed by atoms with Crippen LogP contribution in [0.2, 0.25) is 0 Å². The van der Waals surface area contributed by atoms with E-state index in [4.69, 9.17) is 4.74 Å². The van der Waals surface area contributed by atoms with Gasteiger partial charge in [-0.15, -0.1) is 0 Å². The summed E-state index contributed by atoms with van der Waals surface area (Å²) in [5.41, 5.74) is 0.293. The molecule has 0 amide bonds. The van der Waals surface area contributed by atoms with Gasteiger partial charge >= 0.3 is 0 Å². The Hall–Kier alpha value is -0.450. The average molecular weight is 275 g/mol. The van der Waals surface area contributed by atoms with Crippen LogP contribution in [0.5, 0.6) is 0 Å². The molecule has 82 valence electrons. The highest BCUT2D eigenvalue weighted by Gasteiger charge is 2.44. The molecule has 0 atom stereocenters. The van der Waals surface area contributed by atoms with Gasteiger partial charge in [0.05, 0.1) is 16.7 Å². The summed E-state index contributed by atoms with van der Waals surface area (Å²) in [6, 6.07) is 3.35. The summed E-state index contributed by atoms with van der Waals surface area (Å²) in [7, 11) is 1.59. The van der Waals surface area contributed by atoms with E-state index in [0.717, 1.165) is 5.56 Å². The maximum Gasteiger partial charge on any atom is 0.143 e. The molecule has 0 bridgehead atoms. The summed E-state index contributed by atoms with van der Waals surface area (Å²) < 4.78 is 19.1. The van der Waals surface area contributed by atoms with Gasteiger partial charge in [-0.2, -0.15) is 0 Å². The minimum absolute atomic E-state index is 0.366. The van der Waals surface area contributed by atoms with Gasteiger partial charge in [-0.05, 0) is 46.5 Å². The fourth-order valence-corrected chi connectivity index (χ4v) is 2.13. The smallest absolute Gasteiger partial charge is 0.143 e. The van der Waals surface area contributed by atoms with E-state index in [-0.39, 0.29) is 5.82 Å². The third-order valence-electron chi connectivity index (χ3n) is 2.62. The van der Waals surface area contributed by atoms with Crippen LogP contribution in [0, 0.1) is 5.82 Å². The number of rotatable bonds is 3. The van der Waals surface area contributed by atoms with Gasteiger partial charge in [0.1, 0.15) is 5.82 Å². The lowest BCUT2D eigenvalue weighted by atomic mass is 10.0. The molecule has 1 saturated carbocycles. The van der Waals surface area contributed by atoms with Crippen LogP contribution in [0.15, 0.2) is 16.6 Å². The van der Waals surface area contributed by atoms with Crippen LogP contribution in [-0.4, -0.2) is 12.2 Å². The van der Waals surface area contributed by atoms with E-state index in [9.17, 15) is 9.50 Å². The number of methoxy groups -OCH3 is 1. The summed E-state index contributed by atoms with van der Waals surface area (Å²) in [4.78, 5) is 0. The molecule has 0 unspecified atom stereocenters. The Labute approximate surface area is 96.2 Å². The molecule has 1 aromatic rings. The van der Waals surface area contributed by atoms with Crippen LogP contribution >= 0.6 is 15.9 Å². The first-order valence-corrected chi connectivity index (χ1v) is 5.56. The van der Waals surface area contributed by atoms with E-state index in [1.54, 1.807) is 19.2 Å². The van der Waals surface area contributed by atoms with E-state index in [0.29, 0.717) is 29.5 Å². The number of aliphatic hydroxyl groups is 1. The van der Waals surface area contributed by atoms with Crippen molar-refractivity contribution in [1.29, 1.82) is 0 Å². The van der Waals surface area contributed by atoms with Crippen LogP contribution < -0.4 is 0 Å².